The zero-order chi connectivity index (χ0) is 11.5. The summed E-state index contributed by atoms with van der Waals surface area (Å²) in [6.45, 7) is 2.00. The van der Waals surface area contributed by atoms with Gasteiger partial charge < -0.3 is 0 Å². The summed E-state index contributed by atoms with van der Waals surface area (Å²) < 4.78 is 13.0. The van der Waals surface area contributed by atoms with E-state index in [1.807, 2.05) is 18.4 Å². The van der Waals surface area contributed by atoms with Crippen LogP contribution in [0.2, 0.25) is 0 Å². The Bertz CT molecular complexity index is 516. The Morgan fingerprint density at radius 2 is 2.19 bits per heavy atom. The van der Waals surface area contributed by atoms with Gasteiger partial charge in [0, 0.05) is 5.56 Å². The molecule has 0 aliphatic heterocycles. The standard InChI is InChI=1S/C13H11FOS/c1-2-9-6-7-16-13(9)12(15)10-4-3-5-11(14)8-10/h3-8H,2H2,1H3. The van der Waals surface area contributed by atoms with Crippen molar-refractivity contribution in [2.24, 2.45) is 0 Å². The zero-order valence-electron chi connectivity index (χ0n) is 8.87. The predicted molar refractivity (Wildman–Crippen MR) is 63.5 cm³/mol. The maximum absolute atomic E-state index is 13.0. The first-order chi connectivity index (χ1) is 7.72. The molecule has 16 heavy (non-hydrogen) atoms. The molecule has 0 amide bonds. The highest BCUT2D eigenvalue weighted by Gasteiger charge is 2.14. The third-order valence-electron chi connectivity index (χ3n) is 2.42. The van der Waals surface area contributed by atoms with E-state index in [1.54, 1.807) is 12.1 Å². The van der Waals surface area contributed by atoms with Crippen LogP contribution in [0.4, 0.5) is 4.39 Å². The highest BCUT2D eigenvalue weighted by Crippen LogP contribution is 2.21. The molecule has 0 aliphatic carbocycles. The van der Waals surface area contributed by atoms with Gasteiger partial charge in [-0.2, -0.15) is 0 Å². The SMILES string of the molecule is CCc1ccsc1C(=O)c1cccc(F)c1. The van der Waals surface area contributed by atoms with Gasteiger partial charge in [-0.3, -0.25) is 4.79 Å². The highest BCUT2D eigenvalue weighted by molar-refractivity contribution is 7.12. The van der Waals surface area contributed by atoms with E-state index in [2.05, 4.69) is 0 Å². The second kappa shape index (κ2) is 4.58. The first-order valence-corrected chi connectivity index (χ1v) is 5.97. The molecule has 0 N–H and O–H groups in total. The van der Waals surface area contributed by atoms with Gasteiger partial charge in [-0.1, -0.05) is 19.1 Å². The lowest BCUT2D eigenvalue weighted by Crippen LogP contribution is -2.01. The van der Waals surface area contributed by atoms with Gasteiger partial charge in [-0.05, 0) is 35.6 Å². The summed E-state index contributed by atoms with van der Waals surface area (Å²) >= 11 is 1.41. The van der Waals surface area contributed by atoms with E-state index in [0.29, 0.717) is 10.4 Å². The fourth-order valence-corrected chi connectivity index (χ4v) is 2.53. The molecule has 0 unspecified atom stereocenters. The van der Waals surface area contributed by atoms with Crippen LogP contribution in [-0.4, -0.2) is 5.78 Å². The molecule has 82 valence electrons. The Kier molecular flexibility index (Phi) is 3.15. The second-order valence-corrected chi connectivity index (χ2v) is 4.38. The van der Waals surface area contributed by atoms with Crippen LogP contribution in [0.1, 0.15) is 27.7 Å². The van der Waals surface area contributed by atoms with Crippen molar-refractivity contribution in [3.05, 3.63) is 57.5 Å². The van der Waals surface area contributed by atoms with Crippen LogP contribution in [-0.2, 0) is 6.42 Å². The lowest BCUT2D eigenvalue weighted by Gasteiger charge is -2.01. The molecule has 0 bridgehead atoms. The Balaban J connectivity index is 2.39. The van der Waals surface area contributed by atoms with Gasteiger partial charge in [-0.15, -0.1) is 11.3 Å². The molecule has 0 atom stereocenters. The van der Waals surface area contributed by atoms with Gasteiger partial charge in [0.25, 0.3) is 0 Å². The first-order valence-electron chi connectivity index (χ1n) is 5.09. The topological polar surface area (TPSA) is 17.1 Å². The molecule has 3 heteroatoms. The van der Waals surface area contributed by atoms with Crippen molar-refractivity contribution in [3.8, 4) is 0 Å². The van der Waals surface area contributed by atoms with Gasteiger partial charge in [0.05, 0.1) is 4.88 Å². The molecule has 2 rings (SSSR count). The van der Waals surface area contributed by atoms with Crippen molar-refractivity contribution >= 4 is 17.1 Å². The van der Waals surface area contributed by atoms with Crippen LogP contribution in [0, 0.1) is 5.82 Å². The fraction of sp³-hybridized carbons (Fsp3) is 0.154. The van der Waals surface area contributed by atoms with Crippen molar-refractivity contribution in [3.63, 3.8) is 0 Å². The Morgan fingerprint density at radius 3 is 2.88 bits per heavy atom. The van der Waals surface area contributed by atoms with Crippen LogP contribution in [0.15, 0.2) is 35.7 Å². The third kappa shape index (κ3) is 2.04. The molecule has 0 saturated heterocycles. The summed E-state index contributed by atoms with van der Waals surface area (Å²) in [5, 5.41) is 1.89. The van der Waals surface area contributed by atoms with Crippen LogP contribution >= 0.6 is 11.3 Å². The Hall–Kier alpha value is -1.48. The molecule has 1 nitrogen and oxygen atoms in total. The van der Waals surface area contributed by atoms with E-state index >= 15 is 0 Å². The van der Waals surface area contributed by atoms with E-state index < -0.39 is 0 Å². The zero-order valence-corrected chi connectivity index (χ0v) is 9.68. The number of hydrogen-bond acceptors (Lipinski definition) is 2. The number of hydrogen-bond donors (Lipinski definition) is 0. The summed E-state index contributed by atoms with van der Waals surface area (Å²) in [5.41, 5.74) is 1.44. The van der Waals surface area contributed by atoms with Crippen molar-refractivity contribution in [1.29, 1.82) is 0 Å². The van der Waals surface area contributed by atoms with Crippen LogP contribution in [0.3, 0.4) is 0 Å². The largest absolute Gasteiger partial charge is 0.288 e. The summed E-state index contributed by atoms with van der Waals surface area (Å²) in [4.78, 5) is 12.8. The van der Waals surface area contributed by atoms with Crippen molar-refractivity contribution in [1.82, 2.24) is 0 Å². The molecule has 1 aromatic heterocycles. The number of ketones is 1. The normalized spacial score (nSPS) is 10.4. The number of halogens is 1. The molecule has 0 saturated carbocycles. The summed E-state index contributed by atoms with van der Waals surface area (Å²) in [6.07, 6.45) is 0.819. The smallest absolute Gasteiger partial charge is 0.203 e. The van der Waals surface area contributed by atoms with Crippen molar-refractivity contribution < 1.29 is 9.18 Å². The lowest BCUT2D eigenvalue weighted by molar-refractivity contribution is 0.104. The first kappa shape index (κ1) is 11.0. The number of thiophene rings is 1. The van der Waals surface area contributed by atoms with Crippen LogP contribution in [0.5, 0.6) is 0 Å². The monoisotopic (exact) mass is 234 g/mol. The minimum Gasteiger partial charge on any atom is -0.288 e. The van der Waals surface area contributed by atoms with Crippen LogP contribution < -0.4 is 0 Å². The molecule has 2 aromatic rings. The molecular weight excluding hydrogens is 223 g/mol. The third-order valence-corrected chi connectivity index (χ3v) is 3.38. The van der Waals surface area contributed by atoms with Gasteiger partial charge in [0.15, 0.2) is 0 Å². The van der Waals surface area contributed by atoms with Gasteiger partial charge in [0.1, 0.15) is 5.82 Å². The van der Waals surface area contributed by atoms with E-state index in [1.165, 1.54) is 23.5 Å². The van der Waals surface area contributed by atoms with E-state index in [-0.39, 0.29) is 11.6 Å². The fourth-order valence-electron chi connectivity index (χ4n) is 1.57. The number of carbonyl (C=O) groups excluding carboxylic acids is 1. The molecular formula is C13H11FOS. The number of carbonyl (C=O) groups is 1. The predicted octanol–water partition coefficient (Wildman–Crippen LogP) is 3.68. The molecule has 1 heterocycles. The number of benzene rings is 1. The Labute approximate surface area is 97.6 Å². The van der Waals surface area contributed by atoms with Gasteiger partial charge in [-0.25, -0.2) is 4.39 Å². The van der Waals surface area contributed by atoms with Crippen molar-refractivity contribution in [2.45, 2.75) is 13.3 Å². The quantitative estimate of drug-likeness (QED) is 0.740. The summed E-state index contributed by atoms with van der Waals surface area (Å²) in [5.74, 6) is -0.466. The molecule has 0 radical (unpaired) electrons. The number of aryl methyl sites for hydroxylation is 1. The van der Waals surface area contributed by atoms with E-state index in [0.717, 1.165) is 12.0 Å². The molecule has 0 aliphatic rings. The number of rotatable bonds is 3. The van der Waals surface area contributed by atoms with Gasteiger partial charge in [0.2, 0.25) is 5.78 Å². The highest BCUT2D eigenvalue weighted by atomic mass is 32.1. The van der Waals surface area contributed by atoms with Crippen molar-refractivity contribution in [2.75, 3.05) is 0 Å². The maximum atomic E-state index is 13.0. The molecule has 1 aromatic carbocycles. The average Bonchev–Trinajstić information content (AvgIpc) is 2.76. The van der Waals surface area contributed by atoms with E-state index in [9.17, 15) is 9.18 Å². The second-order valence-electron chi connectivity index (χ2n) is 3.47. The Morgan fingerprint density at radius 1 is 1.38 bits per heavy atom. The van der Waals surface area contributed by atoms with Crippen LogP contribution in [0.25, 0.3) is 0 Å². The summed E-state index contributed by atoms with van der Waals surface area (Å²) in [6, 6.07) is 7.76. The van der Waals surface area contributed by atoms with Gasteiger partial charge >= 0.3 is 0 Å². The summed E-state index contributed by atoms with van der Waals surface area (Å²) in [7, 11) is 0. The minimum atomic E-state index is -0.375. The average molecular weight is 234 g/mol. The van der Waals surface area contributed by atoms with E-state index in [4.69, 9.17) is 0 Å². The lowest BCUT2D eigenvalue weighted by atomic mass is 10.1. The molecule has 0 spiro atoms. The maximum Gasteiger partial charge on any atom is 0.203 e. The minimum absolute atomic E-state index is 0.0913. The molecule has 0 fully saturated rings.